The minimum absolute atomic E-state index is 0.248. The highest BCUT2D eigenvalue weighted by atomic mass is 19.3. The van der Waals surface area contributed by atoms with Gasteiger partial charge in [-0.2, -0.15) is 0 Å². The molecule has 0 saturated carbocycles. The van der Waals surface area contributed by atoms with E-state index in [1.807, 2.05) is 54.6 Å². The summed E-state index contributed by atoms with van der Waals surface area (Å²) in [7, 11) is 1.23. The summed E-state index contributed by atoms with van der Waals surface area (Å²) in [4.78, 5) is 78.5. The second-order valence-electron chi connectivity index (χ2n) is 16.8. The summed E-state index contributed by atoms with van der Waals surface area (Å²) in [6.07, 6.45) is 1.76. The van der Waals surface area contributed by atoms with Gasteiger partial charge in [-0.1, -0.05) is 54.6 Å². The molecule has 3 N–H and O–H groups in total. The van der Waals surface area contributed by atoms with Gasteiger partial charge in [-0.15, -0.1) is 0 Å². The number of methoxy groups -OCH3 is 1. The summed E-state index contributed by atoms with van der Waals surface area (Å²) >= 11 is 0. The third-order valence-electron chi connectivity index (χ3n) is 11.5. The molecule has 60 heavy (non-hydrogen) atoms. The number of carbonyl (C=O) groups is 5. The summed E-state index contributed by atoms with van der Waals surface area (Å²) in [6.45, 7) is 4.67. The van der Waals surface area contributed by atoms with Crippen molar-refractivity contribution >= 4 is 41.3 Å². The average molecular weight is 824 g/mol. The molecule has 2 fully saturated rings. The molecular formula is C44H47F2N7O7. The lowest BCUT2D eigenvalue weighted by atomic mass is 10.0. The van der Waals surface area contributed by atoms with Gasteiger partial charge in [-0.3, -0.25) is 24.2 Å². The summed E-state index contributed by atoms with van der Waals surface area (Å²) in [5.41, 5.74) is 5.38. The van der Waals surface area contributed by atoms with Crippen LogP contribution >= 0.6 is 0 Å². The molecule has 3 aromatic carbocycles. The standard InChI is InChI=1S/C44H47F2N7O7/c1-43(2,3)60-42(58)52-24-44(45,46)22-35(52)37-47-23-32(49-37)27-12-10-25(11-13-27)26-14-17-30(18-15-26)48-38(54)33-9-6-20-51(33)40(56)34-21-29-8-5-7-28-16-19-31(50-41(57)59-4)39(55)53(34)36(28)29/h5,7-8,10-15,17-18,23,31,33-35H,6,9,16,19-22,24H2,1-4H3,(H,47,49)(H,48,54)(H,50,57)/t31-,33-,34-,35-/m0/s1. The third kappa shape index (κ3) is 8.02. The number of aryl methyl sites for hydroxylation is 1. The molecule has 314 valence electrons. The number of aromatic amines is 1. The van der Waals surface area contributed by atoms with Crippen LogP contribution in [0.1, 0.15) is 69.4 Å². The smallest absolute Gasteiger partial charge is 0.411 e. The zero-order valence-corrected chi connectivity index (χ0v) is 33.8. The van der Waals surface area contributed by atoms with Gasteiger partial charge in [-0.05, 0) is 86.4 Å². The van der Waals surface area contributed by atoms with Crippen molar-refractivity contribution in [2.75, 3.05) is 30.4 Å². The number of hydrogen-bond donors (Lipinski definition) is 3. The Morgan fingerprint density at radius 2 is 1.58 bits per heavy atom. The number of carbonyl (C=O) groups excluding carboxylic acids is 5. The molecule has 5 amide bonds. The molecular weight excluding hydrogens is 777 g/mol. The van der Waals surface area contributed by atoms with Crippen molar-refractivity contribution in [1.29, 1.82) is 0 Å². The molecule has 14 nitrogen and oxygen atoms in total. The van der Waals surface area contributed by atoms with E-state index in [9.17, 15) is 32.8 Å². The molecule has 1 aromatic heterocycles. The molecule has 5 heterocycles. The van der Waals surface area contributed by atoms with E-state index >= 15 is 0 Å². The van der Waals surface area contributed by atoms with Gasteiger partial charge in [0.05, 0.1) is 37.3 Å². The van der Waals surface area contributed by atoms with Crippen molar-refractivity contribution in [3.05, 3.63) is 89.9 Å². The van der Waals surface area contributed by atoms with Crippen LogP contribution in [-0.4, -0.2) is 99.5 Å². The fourth-order valence-electron chi connectivity index (χ4n) is 8.70. The molecule has 16 heteroatoms. The number of amides is 5. The van der Waals surface area contributed by atoms with Crippen molar-refractivity contribution in [3.63, 3.8) is 0 Å². The fraction of sp³-hybridized carbons (Fsp3) is 0.409. The van der Waals surface area contributed by atoms with Crippen molar-refractivity contribution in [2.24, 2.45) is 0 Å². The van der Waals surface area contributed by atoms with Crippen LogP contribution in [0.3, 0.4) is 0 Å². The predicted molar refractivity (Wildman–Crippen MR) is 217 cm³/mol. The van der Waals surface area contributed by atoms with Gasteiger partial charge < -0.3 is 30.0 Å². The monoisotopic (exact) mass is 823 g/mol. The van der Waals surface area contributed by atoms with Gasteiger partial charge in [0.15, 0.2) is 0 Å². The Labute approximate surface area is 345 Å². The molecule has 0 radical (unpaired) electrons. The molecule has 0 aliphatic carbocycles. The molecule has 0 bridgehead atoms. The number of halogens is 2. The van der Waals surface area contributed by atoms with Gasteiger partial charge in [0, 0.05) is 25.1 Å². The van der Waals surface area contributed by atoms with Crippen LogP contribution in [-0.2, 0) is 36.7 Å². The van der Waals surface area contributed by atoms with Crippen molar-refractivity contribution < 1.29 is 42.2 Å². The minimum atomic E-state index is -3.08. The Bertz CT molecular complexity index is 2330. The maximum absolute atomic E-state index is 14.5. The van der Waals surface area contributed by atoms with Gasteiger partial charge in [0.25, 0.3) is 5.92 Å². The van der Waals surface area contributed by atoms with Crippen LogP contribution in [0, 0.1) is 0 Å². The summed E-state index contributed by atoms with van der Waals surface area (Å²) in [6, 6.07) is 17.3. The van der Waals surface area contributed by atoms with Crippen LogP contribution in [0.5, 0.6) is 0 Å². The highest BCUT2D eigenvalue weighted by Crippen LogP contribution is 2.42. The lowest BCUT2D eigenvalue weighted by Gasteiger charge is -2.32. The number of imidazole rings is 1. The molecule has 0 unspecified atom stereocenters. The first kappa shape index (κ1) is 40.5. The lowest BCUT2D eigenvalue weighted by Crippen LogP contribution is -2.56. The number of ether oxygens (including phenoxy) is 2. The Hall–Kier alpha value is -6.32. The van der Waals surface area contributed by atoms with E-state index < -0.39 is 60.8 Å². The first-order valence-electron chi connectivity index (χ1n) is 20.1. The molecule has 4 aliphatic rings. The first-order chi connectivity index (χ1) is 28.6. The van der Waals surface area contributed by atoms with Gasteiger partial charge in [0.2, 0.25) is 17.7 Å². The minimum Gasteiger partial charge on any atom is -0.453 e. The van der Waals surface area contributed by atoms with E-state index in [4.69, 9.17) is 9.47 Å². The predicted octanol–water partition coefficient (Wildman–Crippen LogP) is 6.62. The molecule has 2 saturated heterocycles. The largest absolute Gasteiger partial charge is 0.453 e. The normalized spacial score (nSPS) is 22.0. The Morgan fingerprint density at radius 3 is 2.28 bits per heavy atom. The lowest BCUT2D eigenvalue weighted by molar-refractivity contribution is -0.138. The van der Waals surface area contributed by atoms with Gasteiger partial charge in [0.1, 0.15) is 29.6 Å². The fourth-order valence-corrected chi connectivity index (χ4v) is 8.70. The molecule has 0 spiro atoms. The topological polar surface area (TPSA) is 166 Å². The number of likely N-dealkylation sites (tertiary alicyclic amines) is 2. The van der Waals surface area contributed by atoms with Crippen LogP contribution in [0.2, 0.25) is 0 Å². The SMILES string of the molecule is COC(=O)N[C@H]1CCc2cccc3c2N(C1=O)[C@H](C(=O)N1CCC[C@H]1C(=O)Nc1ccc(-c2ccc(-c4cnc([C@@H]5CC(F)(F)CN5C(=O)OC(C)(C)C)[nH]4)cc2)cc1)C3. The van der Waals surface area contributed by atoms with Crippen LogP contribution in [0.4, 0.5) is 29.7 Å². The number of anilines is 2. The number of nitrogens with zero attached hydrogens (tertiary/aromatic N) is 4. The van der Waals surface area contributed by atoms with E-state index in [2.05, 4.69) is 20.6 Å². The maximum atomic E-state index is 14.5. The number of benzene rings is 3. The van der Waals surface area contributed by atoms with E-state index in [0.29, 0.717) is 55.7 Å². The second-order valence-corrected chi connectivity index (χ2v) is 16.8. The zero-order chi connectivity index (χ0) is 42.5. The zero-order valence-electron chi connectivity index (χ0n) is 33.8. The molecule has 4 aromatic rings. The van der Waals surface area contributed by atoms with E-state index in [0.717, 1.165) is 32.7 Å². The Morgan fingerprint density at radius 1 is 0.900 bits per heavy atom. The van der Waals surface area contributed by atoms with Crippen molar-refractivity contribution in [3.8, 4) is 22.4 Å². The van der Waals surface area contributed by atoms with E-state index in [-0.39, 0.29) is 23.5 Å². The van der Waals surface area contributed by atoms with Crippen LogP contribution < -0.4 is 15.5 Å². The maximum Gasteiger partial charge on any atom is 0.411 e. The number of alkyl carbamates (subject to hydrolysis) is 1. The van der Waals surface area contributed by atoms with Gasteiger partial charge in [-0.25, -0.2) is 23.4 Å². The second kappa shape index (κ2) is 15.7. The quantitative estimate of drug-likeness (QED) is 0.187. The highest BCUT2D eigenvalue weighted by Gasteiger charge is 2.50. The van der Waals surface area contributed by atoms with E-state index in [1.165, 1.54) is 12.0 Å². The van der Waals surface area contributed by atoms with E-state index in [1.54, 1.807) is 44.0 Å². The summed E-state index contributed by atoms with van der Waals surface area (Å²) in [5, 5.41) is 5.60. The number of nitrogens with one attached hydrogen (secondary N) is 3. The number of hydrogen-bond acceptors (Lipinski definition) is 8. The average Bonchev–Trinajstić information content (AvgIpc) is 4.02. The molecule has 4 atom stereocenters. The summed E-state index contributed by atoms with van der Waals surface area (Å²) in [5.74, 6) is -3.84. The molecule has 4 aliphatic heterocycles. The van der Waals surface area contributed by atoms with Gasteiger partial charge >= 0.3 is 12.2 Å². The number of H-pyrrole nitrogens is 1. The number of aromatic nitrogens is 2. The number of rotatable bonds is 7. The Balaban J connectivity index is 0.915. The first-order valence-corrected chi connectivity index (χ1v) is 20.1. The Kier molecular flexibility index (Phi) is 10.6. The highest BCUT2D eigenvalue weighted by molar-refractivity contribution is 6.08. The third-order valence-corrected chi connectivity index (χ3v) is 11.5. The van der Waals surface area contributed by atoms with Crippen LogP contribution in [0.15, 0.2) is 72.9 Å². The summed E-state index contributed by atoms with van der Waals surface area (Å²) < 4.78 is 39.2. The number of para-hydroxylation sites is 1. The van der Waals surface area contributed by atoms with Crippen LogP contribution in [0.25, 0.3) is 22.4 Å². The molecule has 8 rings (SSSR count). The van der Waals surface area contributed by atoms with Crippen molar-refractivity contribution in [2.45, 2.75) is 95.0 Å². The number of alkyl halides is 2. The van der Waals surface area contributed by atoms with Crippen molar-refractivity contribution in [1.82, 2.24) is 25.1 Å².